The smallest absolute Gasteiger partial charge is 0.196 e. The number of benzene rings is 2. The number of rotatable bonds is 9. The maximum absolute atomic E-state index is 12.5. The zero-order chi connectivity index (χ0) is 17.4. The van der Waals surface area contributed by atoms with Gasteiger partial charge in [-0.2, -0.15) is 0 Å². The highest BCUT2D eigenvalue weighted by Crippen LogP contribution is 2.26. The molecule has 4 nitrogen and oxygen atoms in total. The van der Waals surface area contributed by atoms with Crippen LogP contribution in [0.1, 0.15) is 49.0 Å². The van der Waals surface area contributed by atoms with Gasteiger partial charge in [0.05, 0.1) is 18.8 Å². The zero-order valence-electron chi connectivity index (χ0n) is 14.2. The second-order valence-electron chi connectivity index (χ2n) is 5.58. The highest BCUT2D eigenvalue weighted by Gasteiger charge is 2.14. The van der Waals surface area contributed by atoms with Crippen LogP contribution in [0.3, 0.4) is 0 Å². The van der Waals surface area contributed by atoms with Gasteiger partial charge in [-0.1, -0.05) is 20.3 Å². The van der Waals surface area contributed by atoms with Crippen LogP contribution in [0.15, 0.2) is 42.5 Å². The second kappa shape index (κ2) is 8.96. The van der Waals surface area contributed by atoms with Gasteiger partial charge < -0.3 is 14.6 Å². The van der Waals surface area contributed by atoms with Gasteiger partial charge in [0.1, 0.15) is 17.2 Å². The SMILES string of the molecule is CCCCOc1ccc(C(=O)c2ccc(OCCC)cc2)c(O)c1. The number of hydrogen-bond acceptors (Lipinski definition) is 4. The molecular weight excluding hydrogens is 304 g/mol. The fourth-order valence-corrected chi connectivity index (χ4v) is 2.21. The van der Waals surface area contributed by atoms with Gasteiger partial charge in [0.15, 0.2) is 5.78 Å². The summed E-state index contributed by atoms with van der Waals surface area (Å²) in [6.45, 7) is 5.37. The molecule has 0 saturated heterocycles. The minimum Gasteiger partial charge on any atom is -0.507 e. The van der Waals surface area contributed by atoms with Crippen molar-refractivity contribution in [3.63, 3.8) is 0 Å². The molecule has 1 N–H and O–H groups in total. The topological polar surface area (TPSA) is 55.8 Å². The lowest BCUT2D eigenvalue weighted by Crippen LogP contribution is -2.03. The molecular formula is C20H24O4. The van der Waals surface area contributed by atoms with Gasteiger partial charge in [0, 0.05) is 11.6 Å². The van der Waals surface area contributed by atoms with Crippen LogP contribution in [-0.2, 0) is 0 Å². The Morgan fingerprint density at radius 3 is 2.21 bits per heavy atom. The Balaban J connectivity index is 2.08. The van der Waals surface area contributed by atoms with Gasteiger partial charge in [-0.25, -0.2) is 0 Å². The van der Waals surface area contributed by atoms with Crippen molar-refractivity contribution in [2.45, 2.75) is 33.1 Å². The summed E-state index contributed by atoms with van der Waals surface area (Å²) in [7, 11) is 0. The Hall–Kier alpha value is -2.49. The molecule has 0 aliphatic rings. The first kappa shape index (κ1) is 17.9. The monoisotopic (exact) mass is 328 g/mol. The molecule has 2 aromatic rings. The third kappa shape index (κ3) is 4.75. The molecule has 128 valence electrons. The third-order valence-electron chi connectivity index (χ3n) is 3.57. The van der Waals surface area contributed by atoms with Crippen LogP contribution in [0.25, 0.3) is 0 Å². The third-order valence-corrected chi connectivity index (χ3v) is 3.57. The number of ketones is 1. The van der Waals surface area contributed by atoms with Gasteiger partial charge in [-0.15, -0.1) is 0 Å². The van der Waals surface area contributed by atoms with E-state index in [1.807, 2.05) is 6.92 Å². The first-order valence-electron chi connectivity index (χ1n) is 8.39. The first-order chi connectivity index (χ1) is 11.7. The highest BCUT2D eigenvalue weighted by atomic mass is 16.5. The van der Waals surface area contributed by atoms with Crippen LogP contribution in [0, 0.1) is 0 Å². The van der Waals surface area contributed by atoms with Crippen LogP contribution < -0.4 is 9.47 Å². The van der Waals surface area contributed by atoms with Gasteiger partial charge in [0.2, 0.25) is 0 Å². The molecule has 0 radical (unpaired) electrons. The molecule has 0 saturated carbocycles. The number of phenolic OH excluding ortho intramolecular Hbond substituents is 1. The van der Waals surface area contributed by atoms with E-state index in [2.05, 4.69) is 6.92 Å². The average molecular weight is 328 g/mol. The van der Waals surface area contributed by atoms with E-state index < -0.39 is 0 Å². The molecule has 2 aromatic carbocycles. The summed E-state index contributed by atoms with van der Waals surface area (Å²) in [4.78, 5) is 12.5. The van der Waals surface area contributed by atoms with Gasteiger partial charge in [0.25, 0.3) is 0 Å². The van der Waals surface area contributed by atoms with Crippen LogP contribution in [-0.4, -0.2) is 24.1 Å². The van der Waals surface area contributed by atoms with E-state index >= 15 is 0 Å². The molecule has 0 unspecified atom stereocenters. The standard InChI is InChI=1S/C20H24O4/c1-3-5-13-24-17-10-11-18(19(21)14-17)20(22)15-6-8-16(9-7-15)23-12-4-2/h6-11,14,21H,3-5,12-13H2,1-2H3. The second-order valence-corrected chi connectivity index (χ2v) is 5.58. The molecule has 0 fully saturated rings. The predicted molar refractivity (Wildman–Crippen MR) is 94.2 cm³/mol. The minimum atomic E-state index is -0.227. The predicted octanol–water partition coefficient (Wildman–Crippen LogP) is 4.59. The van der Waals surface area contributed by atoms with E-state index in [1.54, 1.807) is 36.4 Å². The summed E-state index contributed by atoms with van der Waals surface area (Å²) in [5.74, 6) is 1.01. The summed E-state index contributed by atoms with van der Waals surface area (Å²) in [6.07, 6.45) is 2.93. The van der Waals surface area contributed by atoms with Crippen molar-refractivity contribution in [3.8, 4) is 17.2 Å². The highest BCUT2D eigenvalue weighted by molar-refractivity contribution is 6.10. The molecule has 0 spiro atoms. The number of carbonyl (C=O) groups is 1. The molecule has 0 atom stereocenters. The Morgan fingerprint density at radius 1 is 0.917 bits per heavy atom. The Labute approximate surface area is 143 Å². The summed E-state index contributed by atoms with van der Waals surface area (Å²) in [5.41, 5.74) is 0.772. The van der Waals surface area contributed by atoms with Crippen LogP contribution in [0.5, 0.6) is 17.2 Å². The molecule has 0 aliphatic carbocycles. The average Bonchev–Trinajstić information content (AvgIpc) is 2.60. The number of aromatic hydroxyl groups is 1. The molecule has 0 amide bonds. The lowest BCUT2D eigenvalue weighted by atomic mass is 10.0. The van der Waals surface area contributed by atoms with Crippen LogP contribution in [0.4, 0.5) is 0 Å². The number of unbranched alkanes of at least 4 members (excludes halogenated alkanes) is 1. The number of ether oxygens (including phenoxy) is 2. The van der Waals surface area contributed by atoms with Crippen molar-refractivity contribution in [1.82, 2.24) is 0 Å². The van der Waals surface area contributed by atoms with Crippen molar-refractivity contribution in [3.05, 3.63) is 53.6 Å². The maximum atomic E-state index is 12.5. The largest absolute Gasteiger partial charge is 0.507 e. The summed E-state index contributed by atoms with van der Waals surface area (Å²) in [6, 6.07) is 11.7. The number of phenols is 1. The minimum absolute atomic E-state index is 0.0692. The summed E-state index contributed by atoms with van der Waals surface area (Å²) in [5, 5.41) is 10.1. The van der Waals surface area contributed by atoms with E-state index in [-0.39, 0.29) is 17.1 Å². The van der Waals surface area contributed by atoms with E-state index in [9.17, 15) is 9.90 Å². The Kier molecular flexibility index (Phi) is 6.67. The lowest BCUT2D eigenvalue weighted by Gasteiger charge is -2.09. The lowest BCUT2D eigenvalue weighted by molar-refractivity contribution is 0.103. The van der Waals surface area contributed by atoms with Gasteiger partial charge in [-0.05, 0) is 49.2 Å². The number of hydrogen-bond donors (Lipinski definition) is 1. The molecule has 2 rings (SSSR count). The Morgan fingerprint density at radius 2 is 1.58 bits per heavy atom. The number of carbonyl (C=O) groups excluding carboxylic acids is 1. The van der Waals surface area contributed by atoms with Gasteiger partial charge >= 0.3 is 0 Å². The molecule has 0 bridgehead atoms. The fourth-order valence-electron chi connectivity index (χ4n) is 2.21. The van der Waals surface area contributed by atoms with E-state index in [1.165, 1.54) is 6.07 Å². The van der Waals surface area contributed by atoms with Crippen molar-refractivity contribution in [1.29, 1.82) is 0 Å². The normalized spacial score (nSPS) is 10.4. The first-order valence-corrected chi connectivity index (χ1v) is 8.39. The fraction of sp³-hybridized carbons (Fsp3) is 0.350. The van der Waals surface area contributed by atoms with Crippen molar-refractivity contribution in [2.24, 2.45) is 0 Å². The van der Waals surface area contributed by atoms with E-state index in [4.69, 9.17) is 9.47 Å². The maximum Gasteiger partial charge on any atom is 0.196 e. The van der Waals surface area contributed by atoms with Crippen molar-refractivity contribution < 1.29 is 19.4 Å². The molecule has 24 heavy (non-hydrogen) atoms. The molecule has 0 aromatic heterocycles. The van der Waals surface area contributed by atoms with Crippen molar-refractivity contribution in [2.75, 3.05) is 13.2 Å². The summed E-state index contributed by atoms with van der Waals surface area (Å²) < 4.78 is 11.0. The quantitative estimate of drug-likeness (QED) is 0.540. The molecule has 4 heteroatoms. The molecule has 0 aliphatic heterocycles. The van der Waals surface area contributed by atoms with Crippen LogP contribution >= 0.6 is 0 Å². The van der Waals surface area contributed by atoms with E-state index in [0.717, 1.165) is 25.0 Å². The molecule has 0 heterocycles. The van der Waals surface area contributed by atoms with Crippen LogP contribution in [0.2, 0.25) is 0 Å². The zero-order valence-corrected chi connectivity index (χ0v) is 14.2. The van der Waals surface area contributed by atoms with E-state index in [0.29, 0.717) is 24.5 Å². The van der Waals surface area contributed by atoms with Gasteiger partial charge in [-0.3, -0.25) is 4.79 Å². The summed E-state index contributed by atoms with van der Waals surface area (Å²) >= 11 is 0. The Bertz CT molecular complexity index is 662. The van der Waals surface area contributed by atoms with Crippen molar-refractivity contribution >= 4 is 5.78 Å².